The van der Waals surface area contributed by atoms with Crippen LogP contribution in [0.2, 0.25) is 0 Å². The zero-order valence-corrected chi connectivity index (χ0v) is 14.8. The highest BCUT2D eigenvalue weighted by molar-refractivity contribution is 5.95. The third-order valence-electron chi connectivity index (χ3n) is 5.24. The second kappa shape index (κ2) is 7.28. The maximum atomic E-state index is 12.4. The molecule has 0 spiro atoms. The molecule has 2 aliphatic rings. The summed E-state index contributed by atoms with van der Waals surface area (Å²) in [4.78, 5) is 32.9. The van der Waals surface area contributed by atoms with Crippen LogP contribution in [0.1, 0.15) is 35.3 Å². The Morgan fingerprint density at radius 3 is 2.54 bits per heavy atom. The van der Waals surface area contributed by atoms with E-state index < -0.39 is 0 Å². The quantitative estimate of drug-likeness (QED) is 0.853. The Hall–Kier alpha value is -2.69. The fourth-order valence-electron chi connectivity index (χ4n) is 3.85. The maximum Gasteiger partial charge on any atom is 0.255 e. The number of nitrogens with zero attached hydrogens (tertiary/aromatic N) is 3. The van der Waals surface area contributed by atoms with Crippen LogP contribution in [-0.4, -0.2) is 41.3 Å². The van der Waals surface area contributed by atoms with E-state index in [0.29, 0.717) is 12.0 Å². The van der Waals surface area contributed by atoms with Gasteiger partial charge in [-0.3, -0.25) is 14.6 Å². The molecule has 2 aliphatic heterocycles. The number of carbonyl (C=O) groups excluding carboxylic acids is 2. The van der Waals surface area contributed by atoms with Crippen molar-refractivity contribution >= 4 is 17.5 Å². The first kappa shape index (κ1) is 16.8. The number of benzene rings is 1. The van der Waals surface area contributed by atoms with E-state index in [1.807, 2.05) is 52.3 Å². The van der Waals surface area contributed by atoms with E-state index in [-0.39, 0.29) is 17.7 Å². The summed E-state index contributed by atoms with van der Waals surface area (Å²) in [5.74, 6) is 0.505. The molecule has 3 heterocycles. The first-order valence-electron chi connectivity index (χ1n) is 9.30. The lowest BCUT2D eigenvalue weighted by Crippen LogP contribution is -2.27. The number of likely N-dealkylation sites (tertiary alicyclic amines) is 1. The highest BCUT2D eigenvalue weighted by Gasteiger charge is 2.30. The van der Waals surface area contributed by atoms with Crippen LogP contribution in [0.3, 0.4) is 0 Å². The second-order valence-corrected chi connectivity index (χ2v) is 7.15. The van der Waals surface area contributed by atoms with Crippen molar-refractivity contribution in [1.29, 1.82) is 0 Å². The summed E-state index contributed by atoms with van der Waals surface area (Å²) >= 11 is 0. The molecule has 0 bridgehead atoms. The SMILES string of the molecule is O=C(c1ccc(CC2CC(=O)N(c3ccccc3)C2)nc1)N1CCCC1. The standard InChI is InChI=1S/C21H23N3O2/c25-20-13-16(15-24(20)19-6-2-1-3-7-19)12-18-9-8-17(14-22-18)21(26)23-10-4-5-11-23/h1-3,6-9,14,16H,4-5,10-13,15H2. The van der Waals surface area contributed by atoms with Crippen molar-refractivity contribution in [3.63, 3.8) is 0 Å². The number of para-hydroxylation sites is 1. The van der Waals surface area contributed by atoms with Crippen molar-refractivity contribution in [1.82, 2.24) is 9.88 Å². The zero-order chi connectivity index (χ0) is 17.9. The minimum atomic E-state index is 0.0767. The second-order valence-electron chi connectivity index (χ2n) is 7.15. The fraction of sp³-hybridized carbons (Fsp3) is 0.381. The van der Waals surface area contributed by atoms with Crippen molar-refractivity contribution in [2.45, 2.75) is 25.7 Å². The van der Waals surface area contributed by atoms with Gasteiger partial charge in [-0.1, -0.05) is 18.2 Å². The number of carbonyl (C=O) groups is 2. The number of aromatic nitrogens is 1. The third kappa shape index (κ3) is 3.47. The van der Waals surface area contributed by atoms with E-state index in [9.17, 15) is 9.59 Å². The van der Waals surface area contributed by atoms with Gasteiger partial charge in [-0.05, 0) is 49.4 Å². The molecule has 26 heavy (non-hydrogen) atoms. The van der Waals surface area contributed by atoms with Gasteiger partial charge in [0.25, 0.3) is 5.91 Å². The van der Waals surface area contributed by atoms with Crippen molar-refractivity contribution in [3.05, 3.63) is 59.9 Å². The van der Waals surface area contributed by atoms with Crippen LogP contribution in [0.4, 0.5) is 5.69 Å². The van der Waals surface area contributed by atoms with Crippen LogP contribution in [0.5, 0.6) is 0 Å². The lowest BCUT2D eigenvalue weighted by atomic mass is 10.0. The number of pyridine rings is 1. The average molecular weight is 349 g/mol. The molecule has 4 rings (SSSR count). The van der Waals surface area contributed by atoms with Crippen LogP contribution in [0.25, 0.3) is 0 Å². The Labute approximate surface area is 153 Å². The summed E-state index contributed by atoms with van der Waals surface area (Å²) < 4.78 is 0. The molecule has 2 saturated heterocycles. The summed E-state index contributed by atoms with van der Waals surface area (Å²) in [6.07, 6.45) is 5.16. The first-order valence-corrected chi connectivity index (χ1v) is 9.30. The summed E-state index contributed by atoms with van der Waals surface area (Å²) in [5, 5.41) is 0. The molecule has 1 aromatic heterocycles. The van der Waals surface area contributed by atoms with E-state index in [2.05, 4.69) is 4.98 Å². The van der Waals surface area contributed by atoms with Crippen LogP contribution >= 0.6 is 0 Å². The molecule has 2 amide bonds. The molecule has 5 nitrogen and oxygen atoms in total. The van der Waals surface area contributed by atoms with Crippen molar-refractivity contribution in [3.8, 4) is 0 Å². The molecular weight excluding hydrogens is 326 g/mol. The van der Waals surface area contributed by atoms with Gasteiger partial charge in [-0.25, -0.2) is 0 Å². The van der Waals surface area contributed by atoms with Crippen molar-refractivity contribution < 1.29 is 9.59 Å². The summed E-state index contributed by atoms with van der Waals surface area (Å²) in [7, 11) is 0. The normalized spacial score (nSPS) is 20.0. The molecule has 0 aliphatic carbocycles. The number of amides is 2. The predicted octanol–water partition coefficient (Wildman–Crippen LogP) is 2.91. The van der Waals surface area contributed by atoms with Crippen LogP contribution in [-0.2, 0) is 11.2 Å². The fourth-order valence-corrected chi connectivity index (χ4v) is 3.85. The van der Waals surface area contributed by atoms with Crippen molar-refractivity contribution in [2.24, 2.45) is 5.92 Å². The Bertz CT molecular complexity index is 783. The average Bonchev–Trinajstić information content (AvgIpc) is 3.32. The minimum Gasteiger partial charge on any atom is -0.339 e. The molecule has 134 valence electrons. The highest BCUT2D eigenvalue weighted by Crippen LogP contribution is 2.26. The molecular formula is C21H23N3O2. The molecule has 1 unspecified atom stereocenters. The molecule has 0 radical (unpaired) electrons. The largest absolute Gasteiger partial charge is 0.339 e. The Balaban J connectivity index is 1.39. The van der Waals surface area contributed by atoms with Gasteiger partial charge in [0.05, 0.1) is 5.56 Å². The Morgan fingerprint density at radius 1 is 1.08 bits per heavy atom. The predicted molar refractivity (Wildman–Crippen MR) is 100.0 cm³/mol. The maximum absolute atomic E-state index is 12.4. The highest BCUT2D eigenvalue weighted by atomic mass is 16.2. The van der Waals surface area contributed by atoms with Crippen LogP contribution < -0.4 is 4.90 Å². The number of anilines is 1. The van der Waals surface area contributed by atoms with Gasteiger partial charge >= 0.3 is 0 Å². The third-order valence-corrected chi connectivity index (χ3v) is 5.24. The van der Waals surface area contributed by atoms with Crippen molar-refractivity contribution in [2.75, 3.05) is 24.5 Å². The van der Waals surface area contributed by atoms with E-state index in [1.54, 1.807) is 6.20 Å². The summed E-state index contributed by atoms with van der Waals surface area (Å²) in [6.45, 7) is 2.42. The Kier molecular flexibility index (Phi) is 4.69. The lowest BCUT2D eigenvalue weighted by molar-refractivity contribution is -0.117. The molecule has 5 heteroatoms. The topological polar surface area (TPSA) is 53.5 Å². The molecule has 1 atom stereocenters. The van der Waals surface area contributed by atoms with E-state index in [4.69, 9.17) is 0 Å². The van der Waals surface area contributed by atoms with Crippen LogP contribution in [0, 0.1) is 5.92 Å². The lowest BCUT2D eigenvalue weighted by Gasteiger charge is -2.17. The van der Waals surface area contributed by atoms with Gasteiger partial charge in [-0.15, -0.1) is 0 Å². The summed E-state index contributed by atoms with van der Waals surface area (Å²) in [5.41, 5.74) is 2.55. The molecule has 1 aromatic carbocycles. The van der Waals surface area contributed by atoms with E-state index in [1.165, 1.54) is 0 Å². The molecule has 2 fully saturated rings. The molecule has 0 saturated carbocycles. The van der Waals surface area contributed by atoms with E-state index >= 15 is 0 Å². The minimum absolute atomic E-state index is 0.0767. The Morgan fingerprint density at radius 2 is 1.85 bits per heavy atom. The van der Waals surface area contributed by atoms with Gasteiger partial charge in [0.1, 0.15) is 0 Å². The summed E-state index contributed by atoms with van der Waals surface area (Å²) in [6, 6.07) is 13.6. The smallest absolute Gasteiger partial charge is 0.255 e. The monoisotopic (exact) mass is 349 g/mol. The molecule has 0 N–H and O–H groups in total. The van der Waals surface area contributed by atoms with Gasteiger partial charge in [0.15, 0.2) is 0 Å². The van der Waals surface area contributed by atoms with Gasteiger partial charge in [0.2, 0.25) is 5.91 Å². The number of hydrogen-bond acceptors (Lipinski definition) is 3. The van der Waals surface area contributed by atoms with E-state index in [0.717, 1.165) is 50.3 Å². The zero-order valence-electron chi connectivity index (χ0n) is 14.8. The van der Waals surface area contributed by atoms with Gasteiger partial charge < -0.3 is 9.80 Å². The van der Waals surface area contributed by atoms with Gasteiger partial charge in [-0.2, -0.15) is 0 Å². The number of hydrogen-bond donors (Lipinski definition) is 0. The molecule has 2 aromatic rings. The van der Waals surface area contributed by atoms with Crippen LogP contribution in [0.15, 0.2) is 48.7 Å². The number of rotatable bonds is 4. The van der Waals surface area contributed by atoms with Gasteiger partial charge in [0, 0.05) is 43.6 Å². The first-order chi connectivity index (χ1) is 12.7.